The van der Waals surface area contributed by atoms with E-state index in [0.717, 1.165) is 0 Å². The van der Waals surface area contributed by atoms with E-state index in [-0.39, 0.29) is 0 Å². The summed E-state index contributed by atoms with van der Waals surface area (Å²) in [7, 11) is 2.08. The van der Waals surface area contributed by atoms with E-state index in [1.165, 1.54) is 16.5 Å². The molecule has 0 aliphatic heterocycles. The van der Waals surface area contributed by atoms with Crippen molar-refractivity contribution in [2.75, 3.05) is 5.88 Å². The van der Waals surface area contributed by atoms with Crippen molar-refractivity contribution >= 4 is 22.5 Å². The highest BCUT2D eigenvalue weighted by molar-refractivity contribution is 6.18. The topological polar surface area (TPSA) is 4.93 Å². The van der Waals surface area contributed by atoms with Gasteiger partial charge in [0.15, 0.2) is 0 Å². The molecule has 0 saturated heterocycles. The molecule has 0 saturated carbocycles. The number of fused-ring (bicyclic) bond motifs is 1. The Bertz CT molecular complexity index is 445. The molecule has 0 bridgehead atoms. The fourth-order valence-corrected chi connectivity index (χ4v) is 2.02. The highest BCUT2D eigenvalue weighted by Crippen LogP contribution is 2.27. The van der Waals surface area contributed by atoms with Gasteiger partial charge < -0.3 is 4.57 Å². The Labute approximate surface area is 89.3 Å². The fraction of sp³-hybridized carbons (Fsp3) is 0.333. The average molecular weight is 208 g/mol. The van der Waals surface area contributed by atoms with E-state index in [0.29, 0.717) is 11.8 Å². The van der Waals surface area contributed by atoms with Crippen LogP contribution in [0, 0.1) is 0 Å². The van der Waals surface area contributed by atoms with Crippen LogP contribution in [0.25, 0.3) is 10.9 Å². The van der Waals surface area contributed by atoms with Crippen LogP contribution in [-0.4, -0.2) is 10.4 Å². The first kappa shape index (κ1) is 9.60. The molecule has 1 atom stereocenters. The van der Waals surface area contributed by atoms with Gasteiger partial charge in [0.2, 0.25) is 0 Å². The first-order valence-corrected chi connectivity index (χ1v) is 5.37. The van der Waals surface area contributed by atoms with E-state index >= 15 is 0 Å². The van der Waals surface area contributed by atoms with E-state index in [1.54, 1.807) is 0 Å². The maximum Gasteiger partial charge on any atom is 0.0480 e. The smallest absolute Gasteiger partial charge is 0.0480 e. The summed E-state index contributed by atoms with van der Waals surface area (Å²) in [6.07, 6.45) is 2.18. The van der Waals surface area contributed by atoms with Crippen LogP contribution in [0.4, 0.5) is 0 Å². The lowest BCUT2D eigenvalue weighted by Gasteiger charge is -2.04. The van der Waals surface area contributed by atoms with Crippen molar-refractivity contribution < 1.29 is 0 Å². The molecule has 0 aliphatic rings. The molecule has 1 nitrogen and oxygen atoms in total. The van der Waals surface area contributed by atoms with Gasteiger partial charge in [-0.2, -0.15) is 0 Å². The molecule has 1 aromatic carbocycles. The van der Waals surface area contributed by atoms with Crippen molar-refractivity contribution in [1.82, 2.24) is 4.57 Å². The summed E-state index contributed by atoms with van der Waals surface area (Å²) in [5.74, 6) is 1.09. The number of alkyl halides is 1. The van der Waals surface area contributed by atoms with Crippen LogP contribution >= 0.6 is 11.6 Å². The zero-order valence-corrected chi connectivity index (χ0v) is 9.25. The van der Waals surface area contributed by atoms with Crippen LogP contribution in [0.5, 0.6) is 0 Å². The molecule has 2 rings (SSSR count). The van der Waals surface area contributed by atoms with Crippen molar-refractivity contribution in [3.05, 3.63) is 36.0 Å². The molecular formula is C12H14ClN. The van der Waals surface area contributed by atoms with Gasteiger partial charge in [0.1, 0.15) is 0 Å². The van der Waals surface area contributed by atoms with Gasteiger partial charge in [-0.1, -0.05) is 25.1 Å². The average Bonchev–Trinajstić information content (AvgIpc) is 2.56. The fourth-order valence-electron chi connectivity index (χ4n) is 1.85. The van der Waals surface area contributed by atoms with Gasteiger partial charge >= 0.3 is 0 Å². The molecule has 2 heteroatoms. The van der Waals surface area contributed by atoms with E-state index < -0.39 is 0 Å². The first-order chi connectivity index (χ1) is 6.74. The van der Waals surface area contributed by atoms with Gasteiger partial charge in [-0.25, -0.2) is 0 Å². The summed E-state index contributed by atoms with van der Waals surface area (Å²) in [5, 5.41) is 1.32. The molecule has 0 aliphatic carbocycles. The minimum absolute atomic E-state index is 0.419. The number of nitrogens with zero attached hydrogens (tertiary/aromatic N) is 1. The zero-order valence-electron chi connectivity index (χ0n) is 8.50. The van der Waals surface area contributed by atoms with Gasteiger partial charge in [-0.05, 0) is 17.5 Å². The molecule has 2 aromatic rings. The summed E-state index contributed by atoms with van der Waals surface area (Å²) in [5.41, 5.74) is 2.62. The van der Waals surface area contributed by atoms with Gasteiger partial charge in [0.25, 0.3) is 0 Å². The lowest BCUT2D eigenvalue weighted by molar-refractivity contribution is 0.864. The quantitative estimate of drug-likeness (QED) is 0.665. The Morgan fingerprint density at radius 3 is 2.79 bits per heavy atom. The number of benzene rings is 1. The largest absolute Gasteiger partial charge is 0.350 e. The molecule has 0 fully saturated rings. The predicted molar refractivity (Wildman–Crippen MR) is 62.1 cm³/mol. The third kappa shape index (κ3) is 1.42. The highest BCUT2D eigenvalue weighted by atomic mass is 35.5. The molecular weight excluding hydrogens is 194 g/mol. The lowest BCUT2D eigenvalue weighted by Crippen LogP contribution is -1.92. The summed E-state index contributed by atoms with van der Waals surface area (Å²) < 4.78 is 2.16. The Morgan fingerprint density at radius 2 is 2.07 bits per heavy atom. The van der Waals surface area contributed by atoms with E-state index in [9.17, 15) is 0 Å². The van der Waals surface area contributed by atoms with Gasteiger partial charge in [0.05, 0.1) is 0 Å². The monoisotopic (exact) mass is 207 g/mol. The third-order valence-corrected chi connectivity index (χ3v) is 3.15. The minimum atomic E-state index is 0.419. The van der Waals surface area contributed by atoms with Crippen molar-refractivity contribution in [1.29, 1.82) is 0 Å². The maximum absolute atomic E-state index is 5.89. The minimum Gasteiger partial charge on any atom is -0.350 e. The molecule has 0 N–H and O–H groups in total. The van der Waals surface area contributed by atoms with Crippen molar-refractivity contribution in [3.63, 3.8) is 0 Å². The molecule has 0 spiro atoms. The van der Waals surface area contributed by atoms with E-state index in [1.807, 2.05) is 0 Å². The van der Waals surface area contributed by atoms with Gasteiger partial charge in [-0.3, -0.25) is 0 Å². The van der Waals surface area contributed by atoms with E-state index in [2.05, 4.69) is 49.0 Å². The van der Waals surface area contributed by atoms with Gasteiger partial charge in [0, 0.05) is 30.0 Å². The highest BCUT2D eigenvalue weighted by Gasteiger charge is 2.11. The van der Waals surface area contributed by atoms with Gasteiger partial charge in [-0.15, -0.1) is 11.6 Å². The van der Waals surface area contributed by atoms with Crippen LogP contribution < -0.4 is 0 Å². The molecule has 0 radical (unpaired) electrons. The van der Waals surface area contributed by atoms with Crippen LogP contribution in [0.3, 0.4) is 0 Å². The van der Waals surface area contributed by atoms with Crippen LogP contribution in [0.15, 0.2) is 30.5 Å². The predicted octanol–water partition coefficient (Wildman–Crippen LogP) is 3.52. The summed E-state index contributed by atoms with van der Waals surface area (Å²) in [4.78, 5) is 0. The summed E-state index contributed by atoms with van der Waals surface area (Å²) >= 11 is 5.89. The van der Waals surface area contributed by atoms with Crippen LogP contribution in [-0.2, 0) is 7.05 Å². The third-order valence-electron chi connectivity index (χ3n) is 2.69. The number of hydrogen-bond donors (Lipinski definition) is 0. The molecule has 74 valence electrons. The molecule has 14 heavy (non-hydrogen) atoms. The molecule has 0 amide bonds. The summed E-state index contributed by atoms with van der Waals surface area (Å²) in [6.45, 7) is 2.16. The van der Waals surface area contributed by atoms with E-state index in [4.69, 9.17) is 11.6 Å². The Kier molecular flexibility index (Phi) is 2.51. The van der Waals surface area contributed by atoms with Crippen LogP contribution in [0.2, 0.25) is 0 Å². The number of aryl methyl sites for hydroxylation is 1. The lowest BCUT2D eigenvalue weighted by atomic mass is 10.0. The second-order valence-electron chi connectivity index (χ2n) is 3.77. The van der Waals surface area contributed by atoms with Crippen molar-refractivity contribution in [2.24, 2.45) is 7.05 Å². The number of para-hydroxylation sites is 1. The SMILES string of the molecule is CC(CCl)c1cn(C)c2ccccc12. The Hall–Kier alpha value is -0.950. The summed E-state index contributed by atoms with van der Waals surface area (Å²) in [6, 6.07) is 8.44. The van der Waals surface area contributed by atoms with Crippen molar-refractivity contribution in [2.45, 2.75) is 12.8 Å². The second-order valence-corrected chi connectivity index (χ2v) is 4.08. The Balaban J connectivity index is 2.66. The van der Waals surface area contributed by atoms with Crippen molar-refractivity contribution in [3.8, 4) is 0 Å². The standard InChI is InChI=1S/C12H14ClN/c1-9(7-13)11-8-14(2)12-6-4-3-5-10(11)12/h3-6,8-9H,7H2,1-2H3. The molecule has 1 aromatic heterocycles. The number of hydrogen-bond acceptors (Lipinski definition) is 0. The Morgan fingerprint density at radius 1 is 1.36 bits per heavy atom. The first-order valence-electron chi connectivity index (χ1n) is 4.84. The zero-order chi connectivity index (χ0) is 10.1. The second kappa shape index (κ2) is 3.66. The molecule has 1 heterocycles. The number of aromatic nitrogens is 1. The maximum atomic E-state index is 5.89. The number of rotatable bonds is 2. The normalized spacial score (nSPS) is 13.4. The molecule has 1 unspecified atom stereocenters. The number of halogens is 1. The van der Waals surface area contributed by atoms with Crippen LogP contribution in [0.1, 0.15) is 18.4 Å².